The molecule has 1 heterocycles. The highest BCUT2D eigenvalue weighted by molar-refractivity contribution is 5.24. The van der Waals surface area contributed by atoms with E-state index in [-0.39, 0.29) is 18.4 Å². The zero-order valence-electron chi connectivity index (χ0n) is 8.48. The van der Waals surface area contributed by atoms with E-state index in [1.54, 1.807) is 18.2 Å². The molecule has 0 saturated heterocycles. The molecule has 2 rings (SSSR count). The molecule has 0 amide bonds. The quantitative estimate of drug-likeness (QED) is 0.814. The Kier molecular flexibility index (Phi) is 3.11. The molecule has 6 heteroatoms. The third-order valence-electron chi connectivity index (χ3n) is 2.03. The molecule has 0 radical (unpaired) electrons. The summed E-state index contributed by atoms with van der Waals surface area (Å²) in [5.74, 6) is 0.0737. The summed E-state index contributed by atoms with van der Waals surface area (Å²) in [4.78, 5) is 0. The molecular weight excluding hydrogens is 211 g/mol. The lowest BCUT2D eigenvalue weighted by Crippen LogP contribution is -2.01. The average molecular weight is 222 g/mol. The molecule has 0 spiro atoms. The third-order valence-corrected chi connectivity index (χ3v) is 2.03. The molecule has 3 N–H and O–H groups in total. The van der Waals surface area contributed by atoms with Gasteiger partial charge in [-0.3, -0.25) is 0 Å². The SMILES string of the molecule is NCc1nnc(NCc2ccccc2F)o1. The van der Waals surface area contributed by atoms with Gasteiger partial charge >= 0.3 is 6.01 Å². The fourth-order valence-corrected chi connectivity index (χ4v) is 1.22. The highest BCUT2D eigenvalue weighted by Gasteiger charge is 2.05. The second-order valence-corrected chi connectivity index (χ2v) is 3.15. The van der Waals surface area contributed by atoms with E-state index in [1.807, 2.05) is 0 Å². The molecule has 0 saturated carbocycles. The van der Waals surface area contributed by atoms with Gasteiger partial charge in [0, 0.05) is 12.1 Å². The third kappa shape index (κ3) is 2.34. The van der Waals surface area contributed by atoms with Crippen LogP contribution in [-0.2, 0) is 13.1 Å². The van der Waals surface area contributed by atoms with Crippen LogP contribution in [0.3, 0.4) is 0 Å². The van der Waals surface area contributed by atoms with Gasteiger partial charge in [-0.1, -0.05) is 23.3 Å². The normalized spacial score (nSPS) is 10.4. The van der Waals surface area contributed by atoms with Crippen LogP contribution in [0.15, 0.2) is 28.7 Å². The topological polar surface area (TPSA) is 77.0 Å². The lowest BCUT2D eigenvalue weighted by molar-refractivity contribution is 0.506. The first kappa shape index (κ1) is 10.6. The molecule has 1 aromatic carbocycles. The van der Waals surface area contributed by atoms with Gasteiger partial charge in [0.05, 0.1) is 6.54 Å². The van der Waals surface area contributed by atoms with Crippen LogP contribution in [0.5, 0.6) is 0 Å². The highest BCUT2D eigenvalue weighted by atomic mass is 19.1. The average Bonchev–Trinajstić information content (AvgIpc) is 2.76. The standard InChI is InChI=1S/C10H11FN4O/c11-8-4-2-1-3-7(8)6-13-10-15-14-9(5-12)16-10/h1-4H,5-6,12H2,(H,13,15). The Balaban J connectivity index is 1.99. The number of anilines is 1. The zero-order chi connectivity index (χ0) is 11.4. The van der Waals surface area contributed by atoms with Crippen LogP contribution in [0.2, 0.25) is 0 Å². The lowest BCUT2D eigenvalue weighted by atomic mass is 10.2. The molecule has 5 nitrogen and oxygen atoms in total. The molecule has 0 aliphatic carbocycles. The predicted octanol–water partition coefficient (Wildman–Crippen LogP) is 1.28. The van der Waals surface area contributed by atoms with Gasteiger partial charge in [-0.05, 0) is 6.07 Å². The van der Waals surface area contributed by atoms with Crippen molar-refractivity contribution in [2.45, 2.75) is 13.1 Å². The first-order valence-electron chi connectivity index (χ1n) is 4.79. The maximum Gasteiger partial charge on any atom is 0.315 e. The van der Waals surface area contributed by atoms with E-state index in [2.05, 4.69) is 15.5 Å². The maximum absolute atomic E-state index is 13.2. The van der Waals surface area contributed by atoms with Crippen LogP contribution in [0.25, 0.3) is 0 Å². The number of hydrogen-bond acceptors (Lipinski definition) is 5. The van der Waals surface area contributed by atoms with Crippen molar-refractivity contribution in [2.75, 3.05) is 5.32 Å². The summed E-state index contributed by atoms with van der Waals surface area (Å²) in [5, 5.41) is 10.2. The second kappa shape index (κ2) is 4.71. The maximum atomic E-state index is 13.2. The molecule has 0 atom stereocenters. The van der Waals surface area contributed by atoms with E-state index in [0.717, 1.165) is 0 Å². The Morgan fingerprint density at radius 2 is 2.12 bits per heavy atom. The van der Waals surface area contributed by atoms with Crippen molar-refractivity contribution in [1.29, 1.82) is 0 Å². The van der Waals surface area contributed by atoms with Gasteiger partial charge in [0.2, 0.25) is 5.89 Å². The Morgan fingerprint density at radius 3 is 2.81 bits per heavy atom. The van der Waals surface area contributed by atoms with Crippen LogP contribution in [0, 0.1) is 5.82 Å². The molecule has 0 aliphatic rings. The first-order valence-corrected chi connectivity index (χ1v) is 4.79. The van der Waals surface area contributed by atoms with Gasteiger partial charge < -0.3 is 15.5 Å². The summed E-state index contributed by atoms with van der Waals surface area (Å²) in [5.41, 5.74) is 5.85. The van der Waals surface area contributed by atoms with E-state index in [4.69, 9.17) is 10.2 Å². The molecule has 0 fully saturated rings. The number of aromatic nitrogens is 2. The van der Waals surface area contributed by atoms with Crippen LogP contribution in [0.1, 0.15) is 11.5 Å². The highest BCUT2D eigenvalue weighted by Crippen LogP contribution is 2.10. The summed E-state index contributed by atoms with van der Waals surface area (Å²) >= 11 is 0. The molecule has 2 aromatic rings. The minimum atomic E-state index is -0.270. The molecule has 16 heavy (non-hydrogen) atoms. The lowest BCUT2D eigenvalue weighted by Gasteiger charge is -2.02. The fraction of sp³-hybridized carbons (Fsp3) is 0.200. The van der Waals surface area contributed by atoms with Crippen LogP contribution in [0.4, 0.5) is 10.4 Å². The minimum Gasteiger partial charge on any atom is -0.407 e. The number of rotatable bonds is 4. The van der Waals surface area contributed by atoms with Crippen LogP contribution in [-0.4, -0.2) is 10.2 Å². The molecule has 84 valence electrons. The summed E-state index contributed by atoms with van der Waals surface area (Å²) in [6.45, 7) is 0.479. The summed E-state index contributed by atoms with van der Waals surface area (Å²) < 4.78 is 18.4. The number of nitrogens with two attached hydrogens (primary N) is 1. The number of hydrogen-bond donors (Lipinski definition) is 2. The smallest absolute Gasteiger partial charge is 0.315 e. The molecule has 1 aromatic heterocycles. The monoisotopic (exact) mass is 222 g/mol. The van der Waals surface area contributed by atoms with Crippen molar-refractivity contribution < 1.29 is 8.81 Å². The summed E-state index contributed by atoms with van der Waals surface area (Å²) in [7, 11) is 0. The van der Waals surface area contributed by atoms with Crippen LogP contribution < -0.4 is 11.1 Å². The van der Waals surface area contributed by atoms with Crippen LogP contribution >= 0.6 is 0 Å². The van der Waals surface area contributed by atoms with E-state index in [0.29, 0.717) is 18.0 Å². The van der Waals surface area contributed by atoms with E-state index in [9.17, 15) is 4.39 Å². The van der Waals surface area contributed by atoms with Gasteiger partial charge in [0.1, 0.15) is 5.82 Å². The summed E-state index contributed by atoms with van der Waals surface area (Å²) in [6, 6.07) is 6.72. The fourth-order valence-electron chi connectivity index (χ4n) is 1.22. The first-order chi connectivity index (χ1) is 7.79. The molecule has 0 bridgehead atoms. The Hall–Kier alpha value is -1.95. The Morgan fingerprint density at radius 1 is 1.31 bits per heavy atom. The van der Waals surface area contributed by atoms with Crippen molar-refractivity contribution in [3.63, 3.8) is 0 Å². The van der Waals surface area contributed by atoms with E-state index in [1.165, 1.54) is 6.07 Å². The summed E-state index contributed by atoms with van der Waals surface area (Å²) in [6.07, 6.45) is 0. The zero-order valence-corrected chi connectivity index (χ0v) is 8.48. The minimum absolute atomic E-state index is 0.189. The van der Waals surface area contributed by atoms with Crippen molar-refractivity contribution in [3.05, 3.63) is 41.5 Å². The number of nitrogens with zero attached hydrogens (tertiary/aromatic N) is 2. The van der Waals surface area contributed by atoms with Crippen molar-refractivity contribution >= 4 is 6.01 Å². The number of nitrogens with one attached hydrogen (secondary N) is 1. The number of benzene rings is 1. The molecule has 0 unspecified atom stereocenters. The van der Waals surface area contributed by atoms with Gasteiger partial charge in [0.15, 0.2) is 0 Å². The van der Waals surface area contributed by atoms with E-state index < -0.39 is 0 Å². The molecular formula is C10H11FN4O. The van der Waals surface area contributed by atoms with E-state index >= 15 is 0 Å². The van der Waals surface area contributed by atoms with Crippen molar-refractivity contribution in [1.82, 2.24) is 10.2 Å². The Labute approximate surface area is 91.5 Å². The Bertz CT molecular complexity index is 471. The predicted molar refractivity (Wildman–Crippen MR) is 55.9 cm³/mol. The van der Waals surface area contributed by atoms with Crippen molar-refractivity contribution in [3.8, 4) is 0 Å². The van der Waals surface area contributed by atoms with Gasteiger partial charge in [0.25, 0.3) is 0 Å². The van der Waals surface area contributed by atoms with Crippen molar-refractivity contribution in [2.24, 2.45) is 5.73 Å². The van der Waals surface area contributed by atoms with Gasteiger partial charge in [-0.15, -0.1) is 5.10 Å². The number of halogens is 1. The largest absolute Gasteiger partial charge is 0.407 e. The molecule has 0 aliphatic heterocycles. The van der Waals surface area contributed by atoms with Gasteiger partial charge in [-0.2, -0.15) is 0 Å². The second-order valence-electron chi connectivity index (χ2n) is 3.15. The van der Waals surface area contributed by atoms with Gasteiger partial charge in [-0.25, -0.2) is 4.39 Å².